The molecule has 0 radical (unpaired) electrons. The van der Waals surface area contributed by atoms with Crippen LogP contribution < -0.4 is 0 Å². The molecule has 4 nitrogen and oxygen atoms in total. The fourth-order valence-corrected chi connectivity index (χ4v) is 5.15. The van der Waals surface area contributed by atoms with E-state index < -0.39 is 0 Å². The molecular formula is C25H25NO3. The number of hydrogen-bond donors (Lipinski definition) is 2. The zero-order valence-electron chi connectivity index (χ0n) is 16.5. The number of benzene rings is 2. The van der Waals surface area contributed by atoms with Crippen molar-refractivity contribution in [3.05, 3.63) is 82.9 Å². The van der Waals surface area contributed by atoms with Gasteiger partial charge in [-0.3, -0.25) is 4.57 Å². The summed E-state index contributed by atoms with van der Waals surface area (Å²) in [5.74, 6) is 0.550. The van der Waals surface area contributed by atoms with Gasteiger partial charge < -0.3 is 14.9 Å². The van der Waals surface area contributed by atoms with E-state index in [9.17, 15) is 10.2 Å². The van der Waals surface area contributed by atoms with Crippen molar-refractivity contribution in [2.75, 3.05) is 13.2 Å². The Morgan fingerprint density at radius 2 is 1.31 bits per heavy atom. The van der Waals surface area contributed by atoms with E-state index in [-0.39, 0.29) is 23.6 Å². The van der Waals surface area contributed by atoms with E-state index in [1.807, 2.05) is 19.1 Å². The highest BCUT2D eigenvalue weighted by Crippen LogP contribution is 2.66. The Bertz CT molecular complexity index is 987. The summed E-state index contributed by atoms with van der Waals surface area (Å²) >= 11 is 0. The van der Waals surface area contributed by atoms with E-state index in [0.29, 0.717) is 19.8 Å². The van der Waals surface area contributed by atoms with Crippen molar-refractivity contribution < 1.29 is 14.9 Å². The third kappa shape index (κ3) is 2.70. The van der Waals surface area contributed by atoms with Gasteiger partial charge in [-0.2, -0.15) is 0 Å². The second-order valence-electron chi connectivity index (χ2n) is 7.72. The van der Waals surface area contributed by atoms with Crippen molar-refractivity contribution in [3.8, 4) is 11.8 Å². The minimum absolute atomic E-state index is 0.0897. The second kappa shape index (κ2) is 7.12. The Balaban J connectivity index is 1.66. The number of hydrogen-bond acceptors (Lipinski definition) is 3. The Morgan fingerprint density at radius 1 is 0.828 bits per heavy atom. The number of nitrogens with zero attached hydrogens (tertiary/aromatic N) is 1. The molecule has 2 N–H and O–H groups in total. The van der Waals surface area contributed by atoms with Gasteiger partial charge in [-0.1, -0.05) is 60.7 Å². The van der Waals surface area contributed by atoms with Crippen LogP contribution in [0.15, 0.2) is 60.7 Å². The van der Waals surface area contributed by atoms with Crippen LogP contribution in [-0.4, -0.2) is 28.0 Å². The zero-order valence-corrected chi connectivity index (χ0v) is 16.5. The highest BCUT2D eigenvalue weighted by atomic mass is 16.5. The summed E-state index contributed by atoms with van der Waals surface area (Å²) in [4.78, 5) is 0. The standard InChI is InChI=1S/C25H25NO3/c1-2-29-14-13-26-24(27)22-18-15-19(23(22)25(26)28)21(17-11-7-4-8-12-17)20(18)16-9-5-3-6-10-16/h3-12,18-19,27-28H,2,13-15H2,1H3. The summed E-state index contributed by atoms with van der Waals surface area (Å²) < 4.78 is 7.05. The van der Waals surface area contributed by atoms with Crippen LogP contribution in [0.2, 0.25) is 0 Å². The number of aromatic nitrogens is 1. The first-order chi connectivity index (χ1) is 14.2. The van der Waals surface area contributed by atoms with Gasteiger partial charge in [-0.25, -0.2) is 0 Å². The molecule has 1 heterocycles. The van der Waals surface area contributed by atoms with E-state index in [2.05, 4.69) is 48.5 Å². The minimum Gasteiger partial charge on any atom is -0.494 e. The Morgan fingerprint density at radius 3 is 1.76 bits per heavy atom. The number of rotatable bonds is 6. The number of aromatic hydroxyl groups is 2. The van der Waals surface area contributed by atoms with Crippen LogP contribution in [0, 0.1) is 0 Å². The lowest BCUT2D eigenvalue weighted by Crippen LogP contribution is -2.06. The predicted octanol–water partition coefficient (Wildman–Crippen LogP) is 5.13. The molecule has 2 aliphatic carbocycles. The van der Waals surface area contributed by atoms with Gasteiger partial charge in [0.25, 0.3) is 0 Å². The zero-order chi connectivity index (χ0) is 20.0. The quantitative estimate of drug-likeness (QED) is 0.577. The van der Waals surface area contributed by atoms with E-state index in [0.717, 1.165) is 17.5 Å². The molecule has 0 aliphatic heterocycles. The maximum atomic E-state index is 11.0. The predicted molar refractivity (Wildman–Crippen MR) is 114 cm³/mol. The van der Waals surface area contributed by atoms with Gasteiger partial charge in [0.15, 0.2) is 11.8 Å². The summed E-state index contributed by atoms with van der Waals surface area (Å²) in [7, 11) is 0. The molecule has 2 aromatic carbocycles. The van der Waals surface area contributed by atoms with Gasteiger partial charge in [-0.15, -0.1) is 0 Å². The van der Waals surface area contributed by atoms with Crippen LogP contribution in [0.4, 0.5) is 0 Å². The molecule has 0 saturated carbocycles. The van der Waals surface area contributed by atoms with Gasteiger partial charge in [0.1, 0.15) is 0 Å². The van der Waals surface area contributed by atoms with Gasteiger partial charge in [-0.05, 0) is 35.6 Å². The molecule has 0 fully saturated rings. The second-order valence-corrected chi connectivity index (χ2v) is 7.72. The Labute approximate surface area is 170 Å². The largest absolute Gasteiger partial charge is 0.494 e. The smallest absolute Gasteiger partial charge is 0.198 e. The van der Waals surface area contributed by atoms with E-state index >= 15 is 0 Å². The molecule has 2 atom stereocenters. The van der Waals surface area contributed by atoms with Crippen molar-refractivity contribution in [2.45, 2.75) is 31.7 Å². The van der Waals surface area contributed by atoms with Crippen LogP contribution in [-0.2, 0) is 11.3 Å². The molecule has 2 aliphatic rings. The highest BCUT2D eigenvalue weighted by molar-refractivity contribution is 6.02. The molecule has 4 heteroatoms. The maximum Gasteiger partial charge on any atom is 0.198 e. The summed E-state index contributed by atoms with van der Waals surface area (Å²) in [6.45, 7) is 3.47. The third-order valence-corrected chi connectivity index (χ3v) is 6.27. The summed E-state index contributed by atoms with van der Waals surface area (Å²) in [6, 6.07) is 20.8. The topological polar surface area (TPSA) is 54.6 Å². The van der Waals surface area contributed by atoms with Crippen LogP contribution in [0.3, 0.4) is 0 Å². The van der Waals surface area contributed by atoms with Crippen LogP contribution in [0.1, 0.15) is 47.4 Å². The Kier molecular flexibility index (Phi) is 4.44. The van der Waals surface area contributed by atoms with Crippen LogP contribution >= 0.6 is 0 Å². The first-order valence-electron chi connectivity index (χ1n) is 10.3. The summed E-state index contributed by atoms with van der Waals surface area (Å²) in [5, 5.41) is 22.0. The van der Waals surface area contributed by atoms with Crippen molar-refractivity contribution in [1.29, 1.82) is 0 Å². The average Bonchev–Trinajstić information content (AvgIpc) is 3.40. The van der Waals surface area contributed by atoms with E-state index in [1.54, 1.807) is 4.57 Å². The van der Waals surface area contributed by atoms with E-state index in [4.69, 9.17) is 4.74 Å². The summed E-state index contributed by atoms with van der Waals surface area (Å²) in [5.41, 5.74) is 6.69. The van der Waals surface area contributed by atoms with Crippen molar-refractivity contribution >= 4 is 11.1 Å². The van der Waals surface area contributed by atoms with Gasteiger partial charge in [0, 0.05) is 29.6 Å². The fourth-order valence-electron chi connectivity index (χ4n) is 5.15. The molecule has 148 valence electrons. The molecular weight excluding hydrogens is 362 g/mol. The molecule has 5 rings (SSSR count). The lowest BCUT2D eigenvalue weighted by atomic mass is 9.81. The number of allylic oxidation sites excluding steroid dienone is 2. The number of ether oxygens (including phenoxy) is 1. The third-order valence-electron chi connectivity index (χ3n) is 6.27. The van der Waals surface area contributed by atoms with Crippen LogP contribution in [0.5, 0.6) is 11.8 Å². The lowest BCUT2D eigenvalue weighted by Gasteiger charge is -2.21. The van der Waals surface area contributed by atoms with Crippen molar-refractivity contribution in [1.82, 2.24) is 4.57 Å². The molecule has 2 bridgehead atoms. The van der Waals surface area contributed by atoms with Crippen molar-refractivity contribution in [3.63, 3.8) is 0 Å². The molecule has 0 spiro atoms. The molecule has 29 heavy (non-hydrogen) atoms. The van der Waals surface area contributed by atoms with Crippen molar-refractivity contribution in [2.24, 2.45) is 0 Å². The first kappa shape index (κ1) is 18.1. The molecule has 0 saturated heterocycles. The van der Waals surface area contributed by atoms with Crippen LogP contribution in [0.25, 0.3) is 11.1 Å². The minimum atomic E-state index is 0.0897. The maximum absolute atomic E-state index is 11.0. The van der Waals surface area contributed by atoms with Gasteiger partial charge in [0.05, 0.1) is 13.2 Å². The molecule has 3 aromatic rings. The fraction of sp³-hybridized carbons (Fsp3) is 0.280. The molecule has 1 aromatic heterocycles. The van der Waals surface area contributed by atoms with Gasteiger partial charge >= 0.3 is 0 Å². The monoisotopic (exact) mass is 387 g/mol. The molecule has 0 amide bonds. The Hall–Kier alpha value is -2.98. The normalized spacial score (nSPS) is 19.8. The first-order valence-corrected chi connectivity index (χ1v) is 10.3. The lowest BCUT2D eigenvalue weighted by molar-refractivity contribution is 0.134. The van der Waals surface area contributed by atoms with E-state index in [1.165, 1.54) is 22.3 Å². The number of fused-ring (bicyclic) bond motifs is 5. The molecule has 2 unspecified atom stereocenters. The average molecular weight is 387 g/mol. The van der Waals surface area contributed by atoms with Gasteiger partial charge in [0.2, 0.25) is 0 Å². The highest BCUT2D eigenvalue weighted by Gasteiger charge is 2.49. The SMILES string of the molecule is CCOCCn1c(O)c2c(c1O)C1CC2C(c2ccccc2)=C1c1ccccc1. The summed E-state index contributed by atoms with van der Waals surface area (Å²) in [6.07, 6.45) is 0.895.